The first-order chi connectivity index (χ1) is 15.7. The van der Waals surface area contributed by atoms with Gasteiger partial charge in [-0.15, -0.1) is 0 Å². The van der Waals surface area contributed by atoms with Crippen molar-refractivity contribution in [3.05, 3.63) is 34.9 Å². The maximum absolute atomic E-state index is 12.8. The Morgan fingerprint density at radius 1 is 1.26 bits per heavy atom. The highest BCUT2D eigenvalue weighted by molar-refractivity contribution is 5.70. The molecule has 0 radical (unpaired) electrons. The van der Waals surface area contributed by atoms with E-state index in [9.17, 15) is 33.3 Å². The Labute approximate surface area is 199 Å². The lowest BCUT2D eigenvalue weighted by Gasteiger charge is -2.42. The lowest BCUT2D eigenvalue weighted by Crippen LogP contribution is -2.42. The van der Waals surface area contributed by atoms with E-state index in [0.717, 1.165) is 36.8 Å². The third-order valence-corrected chi connectivity index (χ3v) is 7.86. The van der Waals surface area contributed by atoms with Crippen LogP contribution in [0.3, 0.4) is 0 Å². The van der Waals surface area contributed by atoms with E-state index in [1.54, 1.807) is 6.92 Å². The Hall–Kier alpha value is -1.64. The summed E-state index contributed by atoms with van der Waals surface area (Å²) in [6.07, 6.45) is 3.80. The zero-order chi connectivity index (χ0) is 25.3. The molecule has 3 aliphatic carbocycles. The molecule has 0 aromatic heterocycles. The van der Waals surface area contributed by atoms with E-state index >= 15 is 0 Å². The zero-order valence-corrected chi connectivity index (χ0v) is 20.2. The second-order valence-corrected chi connectivity index (χ2v) is 10.6. The molecule has 6 atom stereocenters. The molecule has 0 unspecified atom stereocenters. The van der Waals surface area contributed by atoms with Crippen molar-refractivity contribution in [1.82, 2.24) is 0 Å². The number of carbonyl (C=O) groups is 1. The summed E-state index contributed by atoms with van der Waals surface area (Å²) in [6, 6.07) is 0. The van der Waals surface area contributed by atoms with Crippen LogP contribution >= 0.6 is 0 Å². The molecular weight excluding hydrogens is 449 g/mol. The van der Waals surface area contributed by atoms with Crippen molar-refractivity contribution in [1.29, 1.82) is 0 Å². The average molecular weight is 487 g/mol. The van der Waals surface area contributed by atoms with Crippen molar-refractivity contribution in [2.45, 2.75) is 109 Å². The molecule has 34 heavy (non-hydrogen) atoms. The molecule has 5 nitrogen and oxygen atoms in total. The van der Waals surface area contributed by atoms with Crippen LogP contribution in [0.4, 0.5) is 13.2 Å². The molecule has 0 aromatic carbocycles. The smallest absolute Gasteiger partial charge is 0.416 e. The summed E-state index contributed by atoms with van der Waals surface area (Å²) >= 11 is 0. The summed E-state index contributed by atoms with van der Waals surface area (Å²) in [4.78, 5) is 12.3. The predicted molar refractivity (Wildman–Crippen MR) is 122 cm³/mol. The van der Waals surface area contributed by atoms with Gasteiger partial charge in [-0.05, 0) is 82.1 Å². The van der Waals surface area contributed by atoms with Crippen LogP contribution in [0, 0.1) is 11.3 Å². The van der Waals surface area contributed by atoms with Gasteiger partial charge in [-0.1, -0.05) is 36.3 Å². The average Bonchev–Trinajstić information content (AvgIpc) is 3.07. The third-order valence-electron chi connectivity index (χ3n) is 7.86. The minimum absolute atomic E-state index is 0.203. The van der Waals surface area contributed by atoms with Gasteiger partial charge in [0.25, 0.3) is 0 Å². The molecule has 3 aliphatic rings. The SMILES string of the molecule is C[C@H](OC(=O)CC[C@](C)(O)C(F)(F)F)C1=CC[C@H]2/C(=C/C=C3C[C@@H](O)C[C@H](O)C3)CCC[C@]12C. The van der Waals surface area contributed by atoms with Crippen LogP contribution < -0.4 is 0 Å². The molecule has 2 fully saturated rings. The van der Waals surface area contributed by atoms with Crippen molar-refractivity contribution in [3.63, 3.8) is 0 Å². The lowest BCUT2D eigenvalue weighted by atomic mass is 9.63. The van der Waals surface area contributed by atoms with Crippen LogP contribution in [0.2, 0.25) is 0 Å². The van der Waals surface area contributed by atoms with Crippen molar-refractivity contribution >= 4 is 5.97 Å². The molecule has 2 saturated carbocycles. The molecule has 0 saturated heterocycles. The molecule has 0 aliphatic heterocycles. The van der Waals surface area contributed by atoms with E-state index < -0.39 is 48.9 Å². The summed E-state index contributed by atoms with van der Waals surface area (Å²) in [7, 11) is 0. The normalized spacial score (nSPS) is 33.7. The van der Waals surface area contributed by atoms with Crippen molar-refractivity contribution in [3.8, 4) is 0 Å². The van der Waals surface area contributed by atoms with Crippen LogP contribution in [-0.2, 0) is 9.53 Å². The molecule has 8 heteroatoms. The Balaban J connectivity index is 1.64. The number of alkyl halides is 3. The fourth-order valence-corrected chi connectivity index (χ4v) is 5.82. The standard InChI is InChI=1S/C26H37F3O5/c1-16(34-23(32)10-12-25(3,33)26(27,28)29)21-8-9-22-18(5-4-11-24(21,22)2)7-6-17-13-19(30)15-20(31)14-17/h6-8,16,19-20,22,30-31,33H,4-5,9-15H2,1-3H3/b18-7+/t16-,19+,20+,22-,24+,25-/m0/s1. The number of ether oxygens (including phenoxy) is 1. The van der Waals surface area contributed by atoms with Gasteiger partial charge in [-0.25, -0.2) is 0 Å². The van der Waals surface area contributed by atoms with E-state index in [0.29, 0.717) is 26.2 Å². The van der Waals surface area contributed by atoms with E-state index in [1.165, 1.54) is 5.57 Å². The number of hydrogen-bond donors (Lipinski definition) is 3. The van der Waals surface area contributed by atoms with Gasteiger partial charge < -0.3 is 20.1 Å². The van der Waals surface area contributed by atoms with Gasteiger partial charge in [0.2, 0.25) is 0 Å². The number of aliphatic hydroxyl groups is 3. The second kappa shape index (κ2) is 10.2. The number of aliphatic hydroxyl groups excluding tert-OH is 2. The van der Waals surface area contributed by atoms with Crippen LogP contribution in [0.5, 0.6) is 0 Å². The first kappa shape index (κ1) is 27.0. The maximum atomic E-state index is 12.8. The lowest BCUT2D eigenvalue weighted by molar-refractivity contribution is -0.255. The van der Waals surface area contributed by atoms with Gasteiger partial charge >= 0.3 is 12.1 Å². The predicted octanol–water partition coefficient (Wildman–Crippen LogP) is 4.91. The number of carbonyl (C=O) groups excluding carboxylic acids is 1. The topological polar surface area (TPSA) is 87.0 Å². The molecule has 3 rings (SSSR count). The van der Waals surface area contributed by atoms with Crippen molar-refractivity contribution in [2.75, 3.05) is 0 Å². The highest BCUT2D eigenvalue weighted by Crippen LogP contribution is 2.55. The van der Waals surface area contributed by atoms with Crippen LogP contribution in [0.25, 0.3) is 0 Å². The minimum atomic E-state index is -4.80. The van der Waals surface area contributed by atoms with Crippen molar-refractivity contribution < 1.29 is 38.0 Å². The number of allylic oxidation sites excluding steroid dienone is 4. The Morgan fingerprint density at radius 2 is 1.91 bits per heavy atom. The molecule has 0 bridgehead atoms. The monoisotopic (exact) mass is 486 g/mol. The second-order valence-electron chi connectivity index (χ2n) is 10.6. The molecule has 192 valence electrons. The highest BCUT2D eigenvalue weighted by Gasteiger charge is 2.50. The molecule has 0 heterocycles. The highest BCUT2D eigenvalue weighted by atomic mass is 19.4. The number of esters is 1. The van der Waals surface area contributed by atoms with Crippen LogP contribution in [-0.4, -0.2) is 51.4 Å². The summed E-state index contributed by atoms with van der Waals surface area (Å²) < 4.78 is 44.0. The Kier molecular flexibility index (Phi) is 8.05. The number of halogens is 3. The van der Waals surface area contributed by atoms with E-state index in [2.05, 4.69) is 19.1 Å². The number of rotatable bonds is 6. The molecule has 3 N–H and O–H groups in total. The van der Waals surface area contributed by atoms with Crippen molar-refractivity contribution in [2.24, 2.45) is 11.3 Å². The summed E-state index contributed by atoms with van der Waals surface area (Å²) in [5.41, 5.74) is 0.193. The number of hydrogen-bond acceptors (Lipinski definition) is 5. The largest absolute Gasteiger partial charge is 0.458 e. The summed E-state index contributed by atoms with van der Waals surface area (Å²) in [5.74, 6) is -0.505. The van der Waals surface area contributed by atoms with Crippen LogP contribution in [0.1, 0.15) is 78.6 Å². The molecular formula is C26H37F3O5. The minimum Gasteiger partial charge on any atom is -0.458 e. The van der Waals surface area contributed by atoms with Gasteiger partial charge in [0.05, 0.1) is 12.2 Å². The first-order valence-electron chi connectivity index (χ1n) is 12.2. The van der Waals surface area contributed by atoms with Gasteiger partial charge in [0.15, 0.2) is 5.60 Å². The fourth-order valence-electron chi connectivity index (χ4n) is 5.82. The molecule has 0 spiro atoms. The quantitative estimate of drug-likeness (QED) is 0.367. The van der Waals surface area contributed by atoms with Gasteiger partial charge in [-0.2, -0.15) is 13.2 Å². The fraction of sp³-hybridized carbons (Fsp3) is 0.731. The number of fused-ring (bicyclic) bond motifs is 1. The van der Waals surface area contributed by atoms with Gasteiger partial charge in [0.1, 0.15) is 6.10 Å². The zero-order valence-electron chi connectivity index (χ0n) is 20.2. The Morgan fingerprint density at radius 3 is 2.53 bits per heavy atom. The van der Waals surface area contributed by atoms with Crippen LogP contribution in [0.15, 0.2) is 34.9 Å². The van der Waals surface area contributed by atoms with E-state index in [4.69, 9.17) is 4.74 Å². The maximum Gasteiger partial charge on any atom is 0.416 e. The van der Waals surface area contributed by atoms with Gasteiger partial charge in [0, 0.05) is 6.42 Å². The summed E-state index contributed by atoms with van der Waals surface area (Å²) in [5, 5.41) is 29.4. The summed E-state index contributed by atoms with van der Waals surface area (Å²) in [6.45, 7) is 4.57. The Bertz CT molecular complexity index is 845. The molecule has 0 amide bonds. The van der Waals surface area contributed by atoms with E-state index in [-0.39, 0.29) is 11.3 Å². The third kappa shape index (κ3) is 5.94. The molecule has 0 aromatic rings. The van der Waals surface area contributed by atoms with Gasteiger partial charge in [-0.3, -0.25) is 4.79 Å². The first-order valence-corrected chi connectivity index (χ1v) is 12.2. The van der Waals surface area contributed by atoms with E-state index in [1.807, 2.05) is 6.08 Å².